The number of aryl methyl sites for hydroxylation is 2. The molecule has 2 nitrogen and oxygen atoms in total. The molecule has 1 aromatic heterocycles. The van der Waals surface area contributed by atoms with Gasteiger partial charge in [-0.05, 0) is 38.4 Å². The van der Waals surface area contributed by atoms with Crippen LogP contribution < -0.4 is 5.32 Å². The third-order valence-electron chi connectivity index (χ3n) is 3.03. The predicted molar refractivity (Wildman–Crippen MR) is 72.7 cm³/mol. The average molecular weight is 252 g/mol. The van der Waals surface area contributed by atoms with Crippen molar-refractivity contribution < 1.29 is 4.42 Å². The van der Waals surface area contributed by atoms with Gasteiger partial charge in [0, 0.05) is 10.9 Å². The first-order valence-corrected chi connectivity index (χ1v) is 6.40. The third-order valence-corrected chi connectivity index (χ3v) is 3.35. The molecule has 0 atom stereocenters. The second-order valence-electron chi connectivity index (χ2n) is 4.40. The fourth-order valence-corrected chi connectivity index (χ4v) is 2.32. The zero-order valence-electron chi connectivity index (χ0n) is 10.6. The van der Waals surface area contributed by atoms with Crippen molar-refractivity contribution in [1.82, 2.24) is 5.32 Å². The van der Waals surface area contributed by atoms with E-state index in [1.807, 2.05) is 19.1 Å². The number of rotatable bonds is 4. The molecule has 2 rings (SSSR count). The highest BCUT2D eigenvalue weighted by molar-refractivity contribution is 6.35. The van der Waals surface area contributed by atoms with E-state index in [-0.39, 0.29) is 0 Å². The Labute approximate surface area is 107 Å². The normalized spacial score (nSPS) is 11.3. The highest BCUT2D eigenvalue weighted by Gasteiger charge is 2.14. The van der Waals surface area contributed by atoms with Gasteiger partial charge < -0.3 is 9.73 Å². The number of fused-ring (bicyclic) bond motifs is 1. The Balaban J connectivity index is 2.42. The van der Waals surface area contributed by atoms with Crippen LogP contribution in [-0.2, 0) is 6.54 Å². The minimum absolute atomic E-state index is 0.768. The molecule has 1 N–H and O–H groups in total. The second kappa shape index (κ2) is 5.11. The number of halogens is 1. The Morgan fingerprint density at radius 1 is 1.29 bits per heavy atom. The van der Waals surface area contributed by atoms with E-state index in [1.54, 1.807) is 0 Å². The van der Waals surface area contributed by atoms with E-state index in [0.29, 0.717) is 0 Å². The van der Waals surface area contributed by atoms with E-state index in [2.05, 4.69) is 19.2 Å². The largest absolute Gasteiger partial charge is 0.459 e. The van der Waals surface area contributed by atoms with Crippen LogP contribution in [0.1, 0.15) is 30.2 Å². The summed E-state index contributed by atoms with van der Waals surface area (Å²) in [5.41, 5.74) is 3.20. The molecule has 3 heteroatoms. The summed E-state index contributed by atoms with van der Waals surface area (Å²) in [5.74, 6) is 0.990. The Morgan fingerprint density at radius 2 is 2.06 bits per heavy atom. The van der Waals surface area contributed by atoms with Gasteiger partial charge in [0.25, 0.3) is 0 Å². The zero-order valence-corrected chi connectivity index (χ0v) is 11.3. The molecule has 0 amide bonds. The van der Waals surface area contributed by atoms with Crippen LogP contribution in [0.5, 0.6) is 0 Å². The van der Waals surface area contributed by atoms with Gasteiger partial charge in [0.2, 0.25) is 0 Å². The lowest BCUT2D eigenvalue weighted by atomic mass is 10.1. The Hall–Kier alpha value is -0.990. The van der Waals surface area contributed by atoms with Gasteiger partial charge in [0.15, 0.2) is 0 Å². The fourth-order valence-electron chi connectivity index (χ4n) is 2.03. The molecule has 1 heterocycles. The zero-order chi connectivity index (χ0) is 12.4. The first-order valence-electron chi connectivity index (χ1n) is 6.03. The molecule has 0 aliphatic heterocycles. The van der Waals surface area contributed by atoms with Crippen LogP contribution in [0.3, 0.4) is 0 Å². The van der Waals surface area contributed by atoms with Crippen molar-refractivity contribution in [3.05, 3.63) is 34.0 Å². The highest BCUT2D eigenvalue weighted by Crippen LogP contribution is 2.33. The van der Waals surface area contributed by atoms with E-state index < -0.39 is 0 Å². The topological polar surface area (TPSA) is 25.2 Å². The second-order valence-corrected chi connectivity index (χ2v) is 4.80. The van der Waals surface area contributed by atoms with Gasteiger partial charge in [-0.3, -0.25) is 0 Å². The molecule has 0 spiro atoms. The van der Waals surface area contributed by atoms with E-state index in [0.717, 1.165) is 52.4 Å². The van der Waals surface area contributed by atoms with E-state index in [4.69, 9.17) is 16.0 Å². The third kappa shape index (κ3) is 2.33. The first kappa shape index (κ1) is 12.5. The summed E-state index contributed by atoms with van der Waals surface area (Å²) in [7, 11) is 0. The van der Waals surface area contributed by atoms with Gasteiger partial charge >= 0.3 is 0 Å². The molecule has 0 saturated heterocycles. The van der Waals surface area contributed by atoms with Crippen molar-refractivity contribution in [3.8, 4) is 0 Å². The maximum Gasteiger partial charge on any atom is 0.139 e. The standard InChI is InChI=1S/C14H18ClNO/c1-4-7-16-8-12-10(3)13-11(15)6-5-9(2)14(13)17-12/h5-6,16H,4,7-8H2,1-3H3. The molecule has 2 aromatic rings. The molecule has 1 aromatic carbocycles. The lowest BCUT2D eigenvalue weighted by Crippen LogP contribution is -2.13. The predicted octanol–water partition coefficient (Wildman–Crippen LogP) is 4.20. The summed E-state index contributed by atoms with van der Waals surface area (Å²) in [6, 6.07) is 3.93. The van der Waals surface area contributed by atoms with Crippen LogP contribution in [-0.4, -0.2) is 6.54 Å². The van der Waals surface area contributed by atoms with Crippen LogP contribution in [0.25, 0.3) is 11.0 Å². The van der Waals surface area contributed by atoms with Gasteiger partial charge in [-0.15, -0.1) is 0 Å². The summed E-state index contributed by atoms with van der Waals surface area (Å²) >= 11 is 6.23. The van der Waals surface area contributed by atoms with Crippen molar-refractivity contribution >= 4 is 22.6 Å². The van der Waals surface area contributed by atoms with Crippen molar-refractivity contribution in [2.24, 2.45) is 0 Å². The van der Waals surface area contributed by atoms with Crippen molar-refractivity contribution in [1.29, 1.82) is 0 Å². The van der Waals surface area contributed by atoms with Crippen LogP contribution in [0.15, 0.2) is 16.5 Å². The highest BCUT2D eigenvalue weighted by atomic mass is 35.5. The number of hydrogen-bond donors (Lipinski definition) is 1. The Bertz CT molecular complexity index is 530. The Morgan fingerprint density at radius 3 is 2.71 bits per heavy atom. The summed E-state index contributed by atoms with van der Waals surface area (Å²) in [6.07, 6.45) is 1.12. The molecule has 0 bridgehead atoms. The minimum Gasteiger partial charge on any atom is -0.459 e. The molecule has 92 valence electrons. The smallest absolute Gasteiger partial charge is 0.139 e. The van der Waals surface area contributed by atoms with Gasteiger partial charge in [0.1, 0.15) is 11.3 Å². The number of nitrogens with one attached hydrogen (secondary N) is 1. The maximum absolute atomic E-state index is 6.23. The maximum atomic E-state index is 6.23. The van der Waals surface area contributed by atoms with E-state index in [9.17, 15) is 0 Å². The molecule has 0 radical (unpaired) electrons. The van der Waals surface area contributed by atoms with Crippen molar-refractivity contribution in [2.45, 2.75) is 33.7 Å². The fraction of sp³-hybridized carbons (Fsp3) is 0.429. The van der Waals surface area contributed by atoms with Gasteiger partial charge in [-0.25, -0.2) is 0 Å². The Kier molecular flexibility index (Phi) is 3.75. The van der Waals surface area contributed by atoms with Gasteiger partial charge in [-0.1, -0.05) is 24.6 Å². The van der Waals surface area contributed by atoms with Crippen molar-refractivity contribution in [3.63, 3.8) is 0 Å². The molecular formula is C14H18ClNO. The van der Waals surface area contributed by atoms with Crippen LogP contribution in [0.2, 0.25) is 5.02 Å². The van der Waals surface area contributed by atoms with E-state index in [1.165, 1.54) is 0 Å². The number of furan rings is 1. The van der Waals surface area contributed by atoms with Gasteiger partial charge in [0.05, 0.1) is 11.6 Å². The summed E-state index contributed by atoms with van der Waals surface area (Å²) in [5, 5.41) is 5.18. The summed E-state index contributed by atoms with van der Waals surface area (Å²) in [6.45, 7) is 8.04. The SMILES string of the molecule is CCCNCc1oc2c(C)ccc(Cl)c2c1C. The summed E-state index contributed by atoms with van der Waals surface area (Å²) < 4.78 is 5.91. The first-order chi connectivity index (χ1) is 8.15. The monoisotopic (exact) mass is 251 g/mol. The molecule has 0 saturated carbocycles. The number of benzene rings is 1. The minimum atomic E-state index is 0.768. The quantitative estimate of drug-likeness (QED) is 0.824. The number of hydrogen-bond acceptors (Lipinski definition) is 2. The lowest BCUT2D eigenvalue weighted by molar-refractivity contribution is 0.509. The van der Waals surface area contributed by atoms with Crippen molar-refractivity contribution in [2.75, 3.05) is 6.54 Å². The molecule has 0 aliphatic carbocycles. The molecule has 0 unspecified atom stereocenters. The average Bonchev–Trinajstić information content (AvgIpc) is 2.64. The van der Waals surface area contributed by atoms with Gasteiger partial charge in [-0.2, -0.15) is 0 Å². The van der Waals surface area contributed by atoms with Crippen LogP contribution in [0.4, 0.5) is 0 Å². The molecule has 0 fully saturated rings. The summed E-state index contributed by atoms with van der Waals surface area (Å²) in [4.78, 5) is 0. The lowest BCUT2D eigenvalue weighted by Gasteiger charge is -2.00. The molecule has 17 heavy (non-hydrogen) atoms. The molecular weight excluding hydrogens is 234 g/mol. The van der Waals surface area contributed by atoms with Crippen LogP contribution in [0, 0.1) is 13.8 Å². The van der Waals surface area contributed by atoms with E-state index >= 15 is 0 Å². The molecule has 0 aliphatic rings. The van der Waals surface area contributed by atoms with Crippen LogP contribution >= 0.6 is 11.6 Å².